The van der Waals surface area contributed by atoms with Crippen LogP contribution in [0.25, 0.3) is 0 Å². The third kappa shape index (κ3) is 3.39. The van der Waals surface area contributed by atoms with Gasteiger partial charge >= 0.3 is 0 Å². The Balaban J connectivity index is 2.12. The van der Waals surface area contributed by atoms with Crippen LogP contribution in [0.1, 0.15) is 26.7 Å². The molecule has 1 fully saturated rings. The van der Waals surface area contributed by atoms with E-state index in [-0.39, 0.29) is 5.54 Å². The standard InChI is InChI=1S/C15H24N2O/c1-15(2)12-17(11-5-4-10-16-15)13-6-8-14(18-3)9-7-13/h6-9,16H,4-5,10-12H2,1-3H3. The largest absolute Gasteiger partial charge is 0.497 e. The fourth-order valence-corrected chi connectivity index (χ4v) is 2.48. The van der Waals surface area contributed by atoms with E-state index in [1.54, 1.807) is 7.11 Å². The maximum atomic E-state index is 5.21. The minimum absolute atomic E-state index is 0.167. The van der Waals surface area contributed by atoms with Crippen molar-refractivity contribution in [3.8, 4) is 5.75 Å². The smallest absolute Gasteiger partial charge is 0.119 e. The lowest BCUT2D eigenvalue weighted by Crippen LogP contribution is -2.51. The summed E-state index contributed by atoms with van der Waals surface area (Å²) in [4.78, 5) is 2.46. The van der Waals surface area contributed by atoms with Crippen molar-refractivity contribution in [1.82, 2.24) is 5.32 Å². The number of nitrogens with zero attached hydrogens (tertiary/aromatic N) is 1. The van der Waals surface area contributed by atoms with E-state index in [4.69, 9.17) is 4.74 Å². The van der Waals surface area contributed by atoms with E-state index in [0.717, 1.165) is 25.4 Å². The van der Waals surface area contributed by atoms with E-state index in [2.05, 4.69) is 36.2 Å². The average Bonchev–Trinajstić information content (AvgIpc) is 2.34. The number of methoxy groups -OCH3 is 1. The Hall–Kier alpha value is -1.22. The first-order valence-electron chi connectivity index (χ1n) is 6.75. The first-order chi connectivity index (χ1) is 8.61. The number of rotatable bonds is 2. The summed E-state index contributed by atoms with van der Waals surface area (Å²) >= 11 is 0. The van der Waals surface area contributed by atoms with E-state index in [1.165, 1.54) is 18.5 Å². The maximum absolute atomic E-state index is 5.21. The molecule has 0 amide bonds. The summed E-state index contributed by atoms with van der Waals surface area (Å²) in [5.41, 5.74) is 1.45. The number of nitrogens with one attached hydrogen (secondary N) is 1. The normalized spacial score (nSPS) is 20.1. The predicted molar refractivity (Wildman–Crippen MR) is 76.5 cm³/mol. The maximum Gasteiger partial charge on any atom is 0.119 e. The van der Waals surface area contributed by atoms with Crippen molar-refractivity contribution in [3.05, 3.63) is 24.3 Å². The Morgan fingerprint density at radius 2 is 1.89 bits per heavy atom. The number of hydrogen-bond acceptors (Lipinski definition) is 3. The van der Waals surface area contributed by atoms with E-state index >= 15 is 0 Å². The quantitative estimate of drug-likeness (QED) is 0.871. The molecule has 0 radical (unpaired) electrons. The molecule has 0 aliphatic carbocycles. The second-order valence-electron chi connectivity index (χ2n) is 5.64. The molecule has 100 valence electrons. The van der Waals surface area contributed by atoms with Gasteiger partial charge in [0.25, 0.3) is 0 Å². The SMILES string of the molecule is COc1ccc(N2CCCCNC(C)(C)C2)cc1. The number of benzene rings is 1. The molecule has 0 aromatic heterocycles. The lowest BCUT2D eigenvalue weighted by atomic mass is 10.0. The Morgan fingerprint density at radius 3 is 2.56 bits per heavy atom. The van der Waals surface area contributed by atoms with Gasteiger partial charge in [0.05, 0.1) is 7.11 Å². The minimum Gasteiger partial charge on any atom is -0.497 e. The van der Waals surface area contributed by atoms with Crippen LogP contribution in [0, 0.1) is 0 Å². The van der Waals surface area contributed by atoms with Gasteiger partial charge in [-0.1, -0.05) is 0 Å². The highest BCUT2D eigenvalue weighted by Gasteiger charge is 2.22. The highest BCUT2D eigenvalue weighted by atomic mass is 16.5. The monoisotopic (exact) mass is 248 g/mol. The number of anilines is 1. The summed E-state index contributed by atoms with van der Waals surface area (Å²) in [5.74, 6) is 0.920. The zero-order chi connectivity index (χ0) is 13.0. The molecule has 18 heavy (non-hydrogen) atoms. The van der Waals surface area contributed by atoms with Crippen LogP contribution in [0.15, 0.2) is 24.3 Å². The zero-order valence-corrected chi connectivity index (χ0v) is 11.7. The van der Waals surface area contributed by atoms with Crippen molar-refractivity contribution in [2.75, 3.05) is 31.6 Å². The van der Waals surface area contributed by atoms with Crippen molar-refractivity contribution in [2.45, 2.75) is 32.2 Å². The van der Waals surface area contributed by atoms with E-state index < -0.39 is 0 Å². The molecular weight excluding hydrogens is 224 g/mol. The Kier molecular flexibility index (Phi) is 4.12. The molecule has 0 spiro atoms. The van der Waals surface area contributed by atoms with Gasteiger partial charge in [0.15, 0.2) is 0 Å². The molecule has 1 heterocycles. The molecule has 1 aromatic carbocycles. The van der Waals surface area contributed by atoms with Gasteiger partial charge in [-0.3, -0.25) is 0 Å². The van der Waals surface area contributed by atoms with Crippen LogP contribution in [-0.4, -0.2) is 32.3 Å². The Labute approximate surface area is 110 Å². The zero-order valence-electron chi connectivity index (χ0n) is 11.7. The fraction of sp³-hybridized carbons (Fsp3) is 0.600. The number of ether oxygens (including phenoxy) is 1. The second-order valence-corrected chi connectivity index (χ2v) is 5.64. The van der Waals surface area contributed by atoms with E-state index in [1.807, 2.05) is 12.1 Å². The van der Waals surface area contributed by atoms with E-state index in [0.29, 0.717) is 0 Å². The van der Waals surface area contributed by atoms with Crippen LogP contribution in [0.3, 0.4) is 0 Å². The highest BCUT2D eigenvalue weighted by molar-refractivity contribution is 5.49. The molecule has 3 heteroatoms. The van der Waals surface area contributed by atoms with E-state index in [9.17, 15) is 0 Å². The first-order valence-corrected chi connectivity index (χ1v) is 6.75. The van der Waals surface area contributed by atoms with Gasteiger partial charge in [0, 0.05) is 24.3 Å². The molecule has 1 saturated heterocycles. The van der Waals surface area contributed by atoms with Crippen LogP contribution >= 0.6 is 0 Å². The van der Waals surface area contributed by atoms with Crippen LogP contribution < -0.4 is 15.0 Å². The molecule has 0 saturated carbocycles. The third-order valence-corrected chi connectivity index (χ3v) is 3.48. The summed E-state index contributed by atoms with van der Waals surface area (Å²) in [6.45, 7) is 7.85. The summed E-state index contributed by atoms with van der Waals surface area (Å²) in [6.07, 6.45) is 2.49. The third-order valence-electron chi connectivity index (χ3n) is 3.48. The van der Waals surface area contributed by atoms with Crippen molar-refractivity contribution in [1.29, 1.82) is 0 Å². The van der Waals surface area contributed by atoms with Gasteiger partial charge in [-0.15, -0.1) is 0 Å². The Bertz CT molecular complexity index is 373. The molecule has 0 atom stereocenters. The fourth-order valence-electron chi connectivity index (χ4n) is 2.48. The average molecular weight is 248 g/mol. The van der Waals surface area contributed by atoms with Gasteiger partial charge in [-0.25, -0.2) is 0 Å². The molecule has 1 aromatic rings. The first kappa shape index (κ1) is 13.2. The van der Waals surface area contributed by atoms with Gasteiger partial charge in [-0.05, 0) is 57.5 Å². The van der Waals surface area contributed by atoms with Crippen molar-refractivity contribution < 1.29 is 4.74 Å². The van der Waals surface area contributed by atoms with Gasteiger partial charge < -0.3 is 15.0 Å². The van der Waals surface area contributed by atoms with Crippen LogP contribution in [0.4, 0.5) is 5.69 Å². The molecule has 0 bridgehead atoms. The van der Waals surface area contributed by atoms with Gasteiger partial charge in [0.1, 0.15) is 5.75 Å². The van der Waals surface area contributed by atoms with Gasteiger partial charge in [0.2, 0.25) is 0 Å². The lowest BCUT2D eigenvalue weighted by Gasteiger charge is -2.37. The van der Waals surface area contributed by atoms with Crippen molar-refractivity contribution in [2.24, 2.45) is 0 Å². The van der Waals surface area contributed by atoms with Gasteiger partial charge in [-0.2, -0.15) is 0 Å². The van der Waals surface area contributed by atoms with Crippen LogP contribution in [-0.2, 0) is 0 Å². The summed E-state index contributed by atoms with van der Waals surface area (Å²) < 4.78 is 5.21. The van der Waals surface area contributed by atoms with Crippen molar-refractivity contribution in [3.63, 3.8) is 0 Å². The highest BCUT2D eigenvalue weighted by Crippen LogP contribution is 2.22. The van der Waals surface area contributed by atoms with Crippen LogP contribution in [0.5, 0.6) is 5.75 Å². The molecule has 1 aliphatic rings. The molecule has 0 unspecified atom stereocenters. The molecule has 2 rings (SSSR count). The summed E-state index contributed by atoms with van der Waals surface area (Å²) in [6, 6.07) is 8.37. The molecule has 1 aliphatic heterocycles. The summed E-state index contributed by atoms with van der Waals surface area (Å²) in [7, 11) is 1.71. The van der Waals surface area contributed by atoms with Crippen molar-refractivity contribution >= 4 is 5.69 Å². The molecule has 3 nitrogen and oxygen atoms in total. The lowest BCUT2D eigenvalue weighted by molar-refractivity contribution is 0.364. The predicted octanol–water partition coefficient (Wildman–Crippen LogP) is 2.66. The molecule has 1 N–H and O–H groups in total. The number of hydrogen-bond donors (Lipinski definition) is 1. The minimum atomic E-state index is 0.167. The summed E-state index contributed by atoms with van der Waals surface area (Å²) in [5, 5.41) is 3.62. The molecular formula is C15H24N2O. The Morgan fingerprint density at radius 1 is 1.17 bits per heavy atom. The topological polar surface area (TPSA) is 24.5 Å². The van der Waals surface area contributed by atoms with Crippen LogP contribution in [0.2, 0.25) is 0 Å². The second kappa shape index (κ2) is 5.61.